The van der Waals surface area contributed by atoms with Crippen molar-refractivity contribution < 1.29 is 9.18 Å². The second kappa shape index (κ2) is 9.26. The van der Waals surface area contributed by atoms with E-state index in [1.165, 1.54) is 18.3 Å². The first kappa shape index (κ1) is 19.7. The number of halogens is 1. The first-order valence-corrected chi connectivity index (χ1v) is 9.96. The van der Waals surface area contributed by atoms with E-state index in [1.54, 1.807) is 6.07 Å². The average Bonchev–Trinajstić information content (AvgIpc) is 3.19. The van der Waals surface area contributed by atoms with Gasteiger partial charge in [0.15, 0.2) is 0 Å². The van der Waals surface area contributed by atoms with Gasteiger partial charge in [-0.05, 0) is 55.7 Å². The molecule has 30 heavy (non-hydrogen) atoms. The van der Waals surface area contributed by atoms with Crippen molar-refractivity contribution in [3.8, 4) is 0 Å². The number of aromatic amines is 1. The van der Waals surface area contributed by atoms with Gasteiger partial charge in [-0.15, -0.1) is 0 Å². The predicted octanol–water partition coefficient (Wildman–Crippen LogP) is 3.99. The van der Waals surface area contributed by atoms with Gasteiger partial charge in [0.2, 0.25) is 0 Å². The van der Waals surface area contributed by atoms with Crippen molar-refractivity contribution in [2.45, 2.75) is 32.2 Å². The van der Waals surface area contributed by atoms with Crippen LogP contribution in [0.15, 0.2) is 60.8 Å². The molecule has 0 saturated carbocycles. The number of aryl methyl sites for hydroxylation is 2. The van der Waals surface area contributed by atoms with Crippen molar-refractivity contribution in [2.24, 2.45) is 0 Å². The van der Waals surface area contributed by atoms with Crippen LogP contribution in [-0.2, 0) is 19.4 Å². The number of fused-ring (bicyclic) bond motifs is 1. The number of amides is 1. The smallest absolute Gasteiger partial charge is 0.270 e. The van der Waals surface area contributed by atoms with Crippen LogP contribution in [0.2, 0.25) is 0 Å². The van der Waals surface area contributed by atoms with Crippen molar-refractivity contribution in [3.63, 3.8) is 0 Å². The zero-order valence-corrected chi connectivity index (χ0v) is 16.4. The van der Waals surface area contributed by atoms with Gasteiger partial charge in [-0.3, -0.25) is 9.78 Å². The highest BCUT2D eigenvalue weighted by molar-refractivity contribution is 5.92. The summed E-state index contributed by atoms with van der Waals surface area (Å²) in [6.07, 6.45) is 5.04. The van der Waals surface area contributed by atoms with Crippen molar-refractivity contribution >= 4 is 16.9 Å². The molecule has 0 bridgehead atoms. The zero-order chi connectivity index (χ0) is 20.8. The molecule has 0 fully saturated rings. The number of carbonyl (C=O) groups is 1. The van der Waals surface area contributed by atoms with Gasteiger partial charge in [-0.25, -0.2) is 14.4 Å². The Balaban J connectivity index is 1.27. The molecule has 0 saturated heterocycles. The SMILES string of the molecule is O=C(NCc1ncccc1F)c1cccc(CCCCc2nc3ccccc3[nH]2)n1. The Kier molecular flexibility index (Phi) is 6.08. The van der Waals surface area contributed by atoms with E-state index < -0.39 is 5.82 Å². The van der Waals surface area contributed by atoms with Crippen LogP contribution in [0.3, 0.4) is 0 Å². The van der Waals surface area contributed by atoms with Gasteiger partial charge in [0, 0.05) is 18.3 Å². The number of H-pyrrole nitrogens is 1. The number of unbranched alkanes of at least 4 members (excludes halogenated alkanes) is 1. The molecule has 3 heterocycles. The van der Waals surface area contributed by atoms with E-state index in [2.05, 4.69) is 25.3 Å². The van der Waals surface area contributed by atoms with E-state index in [1.807, 2.05) is 36.4 Å². The highest BCUT2D eigenvalue weighted by atomic mass is 19.1. The topological polar surface area (TPSA) is 83.6 Å². The molecule has 0 aliphatic heterocycles. The largest absolute Gasteiger partial charge is 0.345 e. The Morgan fingerprint density at radius 2 is 1.83 bits per heavy atom. The van der Waals surface area contributed by atoms with Crippen LogP contribution in [-0.4, -0.2) is 25.8 Å². The Morgan fingerprint density at radius 1 is 0.967 bits per heavy atom. The molecule has 4 aromatic rings. The van der Waals surface area contributed by atoms with E-state index >= 15 is 0 Å². The summed E-state index contributed by atoms with van der Waals surface area (Å²) in [5.41, 5.74) is 3.42. The molecule has 152 valence electrons. The minimum absolute atomic E-state index is 0.0227. The maximum Gasteiger partial charge on any atom is 0.270 e. The number of rotatable bonds is 8. The molecular weight excluding hydrogens is 381 g/mol. The maximum absolute atomic E-state index is 13.6. The van der Waals surface area contributed by atoms with Crippen LogP contribution in [0, 0.1) is 5.82 Å². The Hall–Kier alpha value is -3.61. The number of para-hydroxylation sites is 2. The monoisotopic (exact) mass is 403 g/mol. The summed E-state index contributed by atoms with van der Waals surface area (Å²) >= 11 is 0. The van der Waals surface area contributed by atoms with Crippen LogP contribution < -0.4 is 5.32 Å². The molecule has 0 radical (unpaired) electrons. The van der Waals surface area contributed by atoms with Crippen molar-refractivity contribution in [2.75, 3.05) is 0 Å². The highest BCUT2D eigenvalue weighted by Crippen LogP contribution is 2.13. The van der Waals surface area contributed by atoms with Crippen LogP contribution in [0.4, 0.5) is 4.39 Å². The number of imidazole rings is 1. The fraction of sp³-hybridized carbons (Fsp3) is 0.217. The second-order valence-electron chi connectivity index (χ2n) is 7.04. The summed E-state index contributed by atoms with van der Waals surface area (Å²) in [4.78, 5) is 28.6. The lowest BCUT2D eigenvalue weighted by molar-refractivity contribution is 0.0945. The molecule has 6 nitrogen and oxygen atoms in total. The number of carbonyl (C=O) groups excluding carboxylic acids is 1. The van der Waals surface area contributed by atoms with Crippen molar-refractivity contribution in [1.82, 2.24) is 25.3 Å². The van der Waals surface area contributed by atoms with Gasteiger partial charge in [0.1, 0.15) is 17.3 Å². The minimum Gasteiger partial charge on any atom is -0.345 e. The van der Waals surface area contributed by atoms with Gasteiger partial charge in [0.25, 0.3) is 5.91 Å². The van der Waals surface area contributed by atoms with Crippen LogP contribution in [0.25, 0.3) is 11.0 Å². The Morgan fingerprint density at radius 3 is 2.70 bits per heavy atom. The van der Waals surface area contributed by atoms with Crippen LogP contribution in [0.1, 0.15) is 40.5 Å². The van der Waals surface area contributed by atoms with E-state index in [9.17, 15) is 9.18 Å². The second-order valence-corrected chi connectivity index (χ2v) is 7.04. The van der Waals surface area contributed by atoms with Gasteiger partial charge in [-0.1, -0.05) is 18.2 Å². The molecule has 3 aromatic heterocycles. The van der Waals surface area contributed by atoms with E-state index in [4.69, 9.17) is 0 Å². The molecule has 0 aliphatic carbocycles. The average molecular weight is 403 g/mol. The quantitative estimate of drug-likeness (QED) is 0.436. The third kappa shape index (κ3) is 4.86. The number of hydrogen-bond donors (Lipinski definition) is 2. The molecule has 0 atom stereocenters. The lowest BCUT2D eigenvalue weighted by Gasteiger charge is -2.07. The number of hydrogen-bond acceptors (Lipinski definition) is 4. The summed E-state index contributed by atoms with van der Waals surface area (Å²) < 4.78 is 13.6. The summed E-state index contributed by atoms with van der Waals surface area (Å²) in [5, 5.41) is 2.67. The molecular formula is C23H22FN5O. The maximum atomic E-state index is 13.6. The van der Waals surface area contributed by atoms with E-state index in [0.717, 1.165) is 48.2 Å². The first-order valence-electron chi connectivity index (χ1n) is 9.96. The lowest BCUT2D eigenvalue weighted by atomic mass is 10.1. The third-order valence-electron chi connectivity index (χ3n) is 4.83. The number of benzene rings is 1. The summed E-state index contributed by atoms with van der Waals surface area (Å²) in [6, 6.07) is 16.2. The molecule has 2 N–H and O–H groups in total. The fourth-order valence-electron chi connectivity index (χ4n) is 3.27. The van der Waals surface area contributed by atoms with Gasteiger partial charge in [-0.2, -0.15) is 0 Å². The molecule has 0 unspecified atom stereocenters. The molecule has 1 aromatic carbocycles. The van der Waals surface area contributed by atoms with Crippen molar-refractivity contribution in [3.05, 3.63) is 89.5 Å². The molecule has 4 rings (SSSR count). The zero-order valence-electron chi connectivity index (χ0n) is 16.4. The molecule has 1 amide bonds. The van der Waals surface area contributed by atoms with Gasteiger partial charge in [0.05, 0.1) is 23.3 Å². The predicted molar refractivity (Wildman–Crippen MR) is 112 cm³/mol. The number of aromatic nitrogens is 4. The van der Waals surface area contributed by atoms with Gasteiger partial charge >= 0.3 is 0 Å². The summed E-state index contributed by atoms with van der Waals surface area (Å²) in [7, 11) is 0. The third-order valence-corrected chi connectivity index (χ3v) is 4.83. The molecule has 0 aliphatic rings. The normalized spacial score (nSPS) is 11.0. The fourth-order valence-corrected chi connectivity index (χ4v) is 3.27. The van der Waals surface area contributed by atoms with E-state index in [0.29, 0.717) is 5.69 Å². The Labute approximate surface area is 173 Å². The van der Waals surface area contributed by atoms with Crippen LogP contribution in [0.5, 0.6) is 0 Å². The molecule has 7 heteroatoms. The standard InChI is InChI=1S/C23H22FN5O/c24-17-9-6-14-25-21(17)15-26-23(30)20-12-5-8-16(27-20)7-1-4-13-22-28-18-10-2-3-11-19(18)29-22/h2-3,5-6,8-12,14H,1,4,7,13,15H2,(H,26,30)(H,28,29). The summed E-state index contributed by atoms with van der Waals surface area (Å²) in [5.74, 6) is 0.201. The van der Waals surface area contributed by atoms with E-state index in [-0.39, 0.29) is 18.1 Å². The van der Waals surface area contributed by atoms with Crippen LogP contribution >= 0.6 is 0 Å². The minimum atomic E-state index is -0.441. The highest BCUT2D eigenvalue weighted by Gasteiger charge is 2.10. The summed E-state index contributed by atoms with van der Waals surface area (Å²) in [6.45, 7) is 0.0227. The van der Waals surface area contributed by atoms with Gasteiger partial charge < -0.3 is 10.3 Å². The number of nitrogens with one attached hydrogen (secondary N) is 2. The molecule has 0 spiro atoms. The number of nitrogens with zero attached hydrogens (tertiary/aromatic N) is 3. The van der Waals surface area contributed by atoms with Crippen molar-refractivity contribution in [1.29, 1.82) is 0 Å². The number of pyridine rings is 2. The first-order chi connectivity index (χ1) is 14.7. The Bertz CT molecular complexity index is 1120. The lowest BCUT2D eigenvalue weighted by Crippen LogP contribution is -2.25.